The molecule has 2 aliphatic heterocycles. The van der Waals surface area contributed by atoms with E-state index >= 15 is 0 Å². The first kappa shape index (κ1) is 20.9. The molecule has 29 heavy (non-hydrogen) atoms. The summed E-state index contributed by atoms with van der Waals surface area (Å²) < 4.78 is 0. The standard InChI is InChI=1S/C23H29N5O/c1-15-19(13-24)21(20(14-25)16(2)28-15)23(8-3-4-18(12-23)22(26)29)9-5-17-6-10-27-11-7-17/h3-4,8,17,21,27-28H,5-7,9-12H2,1-2H3,(H2,26,29). The molecule has 1 amide bonds. The van der Waals surface area contributed by atoms with Gasteiger partial charge in [-0.25, -0.2) is 0 Å². The van der Waals surface area contributed by atoms with Gasteiger partial charge in [0.05, 0.1) is 23.3 Å². The minimum atomic E-state index is -0.509. The molecule has 1 unspecified atom stereocenters. The Hall–Kier alpha value is -2.83. The number of allylic oxidation sites excluding steroid dienone is 7. The van der Waals surface area contributed by atoms with Crippen molar-refractivity contribution in [1.82, 2.24) is 10.6 Å². The van der Waals surface area contributed by atoms with Crippen molar-refractivity contribution in [2.75, 3.05) is 13.1 Å². The number of hydrogen-bond donors (Lipinski definition) is 3. The van der Waals surface area contributed by atoms with Crippen LogP contribution < -0.4 is 16.4 Å². The lowest BCUT2D eigenvalue weighted by atomic mass is 9.60. The van der Waals surface area contributed by atoms with Crippen LogP contribution in [0.1, 0.15) is 46.0 Å². The largest absolute Gasteiger partial charge is 0.366 e. The van der Waals surface area contributed by atoms with Crippen LogP contribution in [0, 0.1) is 39.9 Å². The Bertz CT molecular complexity index is 853. The van der Waals surface area contributed by atoms with Gasteiger partial charge in [0, 0.05) is 28.3 Å². The van der Waals surface area contributed by atoms with Crippen molar-refractivity contribution >= 4 is 5.91 Å². The van der Waals surface area contributed by atoms with Crippen molar-refractivity contribution in [3.8, 4) is 12.1 Å². The SMILES string of the molecule is CC1=C(C#N)C(C2(CCC3CCNCC3)C=CC=C(C(N)=O)C2)C(C#N)=C(C)N1. The maximum atomic E-state index is 12.0. The Morgan fingerprint density at radius 2 is 1.83 bits per heavy atom. The van der Waals surface area contributed by atoms with E-state index in [1.54, 1.807) is 6.08 Å². The summed E-state index contributed by atoms with van der Waals surface area (Å²) in [6.45, 7) is 5.80. The lowest BCUT2D eigenvalue weighted by Crippen LogP contribution is -2.39. The van der Waals surface area contributed by atoms with Crippen molar-refractivity contribution in [2.45, 2.75) is 46.0 Å². The smallest absolute Gasteiger partial charge is 0.244 e. The maximum Gasteiger partial charge on any atom is 0.244 e. The molecule has 0 bridgehead atoms. The van der Waals surface area contributed by atoms with Crippen molar-refractivity contribution in [1.29, 1.82) is 10.5 Å². The molecule has 4 N–H and O–H groups in total. The highest BCUT2D eigenvalue weighted by Crippen LogP contribution is 2.51. The van der Waals surface area contributed by atoms with E-state index in [-0.39, 0.29) is 5.92 Å². The molecule has 0 radical (unpaired) electrons. The van der Waals surface area contributed by atoms with Crippen LogP contribution in [0.2, 0.25) is 0 Å². The van der Waals surface area contributed by atoms with E-state index in [4.69, 9.17) is 5.73 Å². The highest BCUT2D eigenvalue weighted by Gasteiger charge is 2.46. The molecule has 0 aromatic rings. The zero-order chi connectivity index (χ0) is 21.0. The van der Waals surface area contributed by atoms with Gasteiger partial charge in [0.25, 0.3) is 0 Å². The predicted molar refractivity (Wildman–Crippen MR) is 112 cm³/mol. The van der Waals surface area contributed by atoms with E-state index < -0.39 is 11.3 Å². The zero-order valence-corrected chi connectivity index (χ0v) is 17.2. The normalized spacial score (nSPS) is 25.9. The summed E-state index contributed by atoms with van der Waals surface area (Å²) in [4.78, 5) is 12.0. The predicted octanol–water partition coefficient (Wildman–Crippen LogP) is 2.94. The number of rotatable bonds is 5. The van der Waals surface area contributed by atoms with E-state index in [0.29, 0.717) is 29.1 Å². The van der Waals surface area contributed by atoms with Crippen LogP contribution in [0.4, 0.5) is 0 Å². The third kappa shape index (κ3) is 4.13. The van der Waals surface area contributed by atoms with E-state index in [1.807, 2.05) is 19.9 Å². The average Bonchev–Trinajstić information content (AvgIpc) is 2.72. The van der Waals surface area contributed by atoms with Crippen LogP contribution >= 0.6 is 0 Å². The molecule has 6 nitrogen and oxygen atoms in total. The number of amides is 1. The van der Waals surface area contributed by atoms with Crippen LogP contribution in [0.25, 0.3) is 0 Å². The molecule has 3 aliphatic rings. The van der Waals surface area contributed by atoms with Gasteiger partial charge in [0.1, 0.15) is 0 Å². The van der Waals surface area contributed by atoms with Crippen LogP contribution in [0.5, 0.6) is 0 Å². The molecule has 1 aliphatic carbocycles. The number of nitrogens with zero attached hydrogens (tertiary/aromatic N) is 2. The fourth-order valence-corrected chi connectivity index (χ4v) is 5.02. The first-order chi connectivity index (χ1) is 13.9. The summed E-state index contributed by atoms with van der Waals surface area (Å²) in [6.07, 6.45) is 10.3. The number of nitrogens with one attached hydrogen (secondary N) is 2. The van der Waals surface area contributed by atoms with Crippen LogP contribution in [-0.2, 0) is 4.79 Å². The molecule has 1 saturated heterocycles. The second-order valence-corrected chi connectivity index (χ2v) is 8.42. The van der Waals surface area contributed by atoms with Gasteiger partial charge < -0.3 is 16.4 Å². The van der Waals surface area contributed by atoms with Gasteiger partial charge in [0.2, 0.25) is 5.91 Å². The van der Waals surface area contributed by atoms with Crippen molar-refractivity contribution < 1.29 is 4.79 Å². The molecule has 1 atom stereocenters. The topological polar surface area (TPSA) is 115 Å². The zero-order valence-electron chi connectivity index (χ0n) is 17.2. The molecular formula is C23H29N5O. The summed E-state index contributed by atoms with van der Waals surface area (Å²) in [5.74, 6) is -0.204. The van der Waals surface area contributed by atoms with Gasteiger partial charge in [0.15, 0.2) is 0 Å². The minimum Gasteiger partial charge on any atom is -0.366 e. The summed E-state index contributed by atoms with van der Waals surface area (Å²) in [6, 6.07) is 4.69. The Labute approximate surface area is 172 Å². The molecule has 3 rings (SSSR count). The number of primary amides is 1. The van der Waals surface area contributed by atoms with Gasteiger partial charge in [-0.05, 0) is 65.0 Å². The molecule has 0 spiro atoms. The summed E-state index contributed by atoms with van der Waals surface area (Å²) in [7, 11) is 0. The first-order valence-electron chi connectivity index (χ1n) is 10.3. The van der Waals surface area contributed by atoms with Crippen molar-refractivity contribution in [2.24, 2.45) is 23.0 Å². The highest BCUT2D eigenvalue weighted by molar-refractivity contribution is 5.92. The van der Waals surface area contributed by atoms with Gasteiger partial charge in [-0.2, -0.15) is 10.5 Å². The second-order valence-electron chi connectivity index (χ2n) is 8.42. The fourth-order valence-electron chi connectivity index (χ4n) is 5.02. The van der Waals surface area contributed by atoms with Gasteiger partial charge >= 0.3 is 0 Å². The molecular weight excluding hydrogens is 362 g/mol. The Balaban J connectivity index is 2.04. The third-order valence-electron chi connectivity index (χ3n) is 6.61. The number of hydrogen-bond acceptors (Lipinski definition) is 5. The lowest BCUT2D eigenvalue weighted by Gasteiger charge is -2.43. The second kappa shape index (κ2) is 8.68. The fraction of sp³-hybridized carbons (Fsp3) is 0.522. The molecule has 0 aromatic carbocycles. The number of nitrogens with two attached hydrogens (primary N) is 1. The van der Waals surface area contributed by atoms with E-state index in [0.717, 1.165) is 50.2 Å². The number of piperidine rings is 1. The number of carbonyl (C=O) groups excluding carboxylic acids is 1. The number of dihydropyridines is 1. The highest BCUT2D eigenvalue weighted by atomic mass is 16.1. The quantitative estimate of drug-likeness (QED) is 0.666. The monoisotopic (exact) mass is 391 g/mol. The Kier molecular flexibility index (Phi) is 6.25. The van der Waals surface area contributed by atoms with E-state index in [1.165, 1.54) is 0 Å². The van der Waals surface area contributed by atoms with Gasteiger partial charge in [-0.3, -0.25) is 4.79 Å². The average molecular weight is 392 g/mol. The van der Waals surface area contributed by atoms with Gasteiger partial charge in [-0.1, -0.05) is 18.2 Å². The molecule has 0 aromatic heterocycles. The molecule has 152 valence electrons. The number of carbonyl (C=O) groups is 1. The van der Waals surface area contributed by atoms with Gasteiger partial charge in [-0.15, -0.1) is 0 Å². The summed E-state index contributed by atoms with van der Waals surface area (Å²) in [5.41, 5.74) is 8.38. The Morgan fingerprint density at radius 3 is 2.38 bits per heavy atom. The Morgan fingerprint density at radius 1 is 1.21 bits per heavy atom. The molecule has 1 fully saturated rings. The van der Waals surface area contributed by atoms with Crippen molar-refractivity contribution in [3.05, 3.63) is 46.3 Å². The first-order valence-corrected chi connectivity index (χ1v) is 10.3. The summed E-state index contributed by atoms with van der Waals surface area (Å²) >= 11 is 0. The number of nitriles is 2. The van der Waals surface area contributed by atoms with Crippen LogP contribution in [0.3, 0.4) is 0 Å². The maximum absolute atomic E-state index is 12.0. The van der Waals surface area contributed by atoms with E-state index in [9.17, 15) is 15.3 Å². The lowest BCUT2D eigenvalue weighted by molar-refractivity contribution is -0.115. The minimum absolute atomic E-state index is 0.375. The molecule has 6 heteroatoms. The van der Waals surface area contributed by atoms with Crippen molar-refractivity contribution in [3.63, 3.8) is 0 Å². The molecule has 2 heterocycles. The molecule has 0 saturated carbocycles. The van der Waals surface area contributed by atoms with Crippen LogP contribution in [-0.4, -0.2) is 19.0 Å². The summed E-state index contributed by atoms with van der Waals surface area (Å²) in [5, 5.41) is 26.5. The third-order valence-corrected chi connectivity index (χ3v) is 6.61. The van der Waals surface area contributed by atoms with Crippen LogP contribution in [0.15, 0.2) is 46.3 Å². The van der Waals surface area contributed by atoms with E-state index in [2.05, 4.69) is 28.8 Å².